The molecule has 4 unspecified atom stereocenters. The zero-order valence-electron chi connectivity index (χ0n) is 12.6. The van der Waals surface area contributed by atoms with E-state index in [-0.39, 0.29) is 12.0 Å². The van der Waals surface area contributed by atoms with Crippen LogP contribution < -0.4 is 5.73 Å². The number of carbonyl (C=O) groups excluding carboxylic acids is 1. The zero-order chi connectivity index (χ0) is 13.8. The Morgan fingerprint density at radius 2 is 2.00 bits per heavy atom. The van der Waals surface area contributed by atoms with Gasteiger partial charge in [0.05, 0.1) is 5.92 Å². The van der Waals surface area contributed by atoms with Crippen LogP contribution in [-0.4, -0.2) is 29.4 Å². The second-order valence-corrected chi connectivity index (χ2v) is 6.56. The van der Waals surface area contributed by atoms with Gasteiger partial charge in [-0.1, -0.05) is 26.7 Å². The molecule has 2 fully saturated rings. The molecule has 1 saturated carbocycles. The molecular formula is C16H30N2O. The number of rotatable bonds is 3. The number of amides is 1. The van der Waals surface area contributed by atoms with Gasteiger partial charge in [-0.2, -0.15) is 0 Å². The standard InChI is InChI=1S/C16H30N2O/c1-3-7-13-9-4-5-11-18(13)16(19)14-10-6-8-12(2)15(14)17/h12-15H,3-11,17H2,1-2H3. The maximum Gasteiger partial charge on any atom is 0.227 e. The summed E-state index contributed by atoms with van der Waals surface area (Å²) in [4.78, 5) is 15.0. The average Bonchev–Trinajstić information content (AvgIpc) is 2.42. The summed E-state index contributed by atoms with van der Waals surface area (Å²) < 4.78 is 0. The van der Waals surface area contributed by atoms with Crippen molar-refractivity contribution in [3.8, 4) is 0 Å². The Bertz CT molecular complexity index is 303. The minimum Gasteiger partial charge on any atom is -0.339 e. The van der Waals surface area contributed by atoms with E-state index in [0.29, 0.717) is 17.9 Å². The van der Waals surface area contributed by atoms with Crippen molar-refractivity contribution in [1.29, 1.82) is 0 Å². The number of piperidine rings is 1. The third-order valence-electron chi connectivity index (χ3n) is 5.15. The lowest BCUT2D eigenvalue weighted by molar-refractivity contribution is -0.141. The Balaban J connectivity index is 2.03. The highest BCUT2D eigenvalue weighted by atomic mass is 16.2. The van der Waals surface area contributed by atoms with Gasteiger partial charge in [0.2, 0.25) is 5.91 Å². The Hall–Kier alpha value is -0.570. The lowest BCUT2D eigenvalue weighted by Crippen LogP contribution is -2.52. The predicted octanol–water partition coefficient (Wildman–Crippen LogP) is 2.93. The van der Waals surface area contributed by atoms with Gasteiger partial charge in [0.25, 0.3) is 0 Å². The molecule has 1 aliphatic heterocycles. The van der Waals surface area contributed by atoms with Crippen molar-refractivity contribution in [2.75, 3.05) is 6.54 Å². The first-order valence-corrected chi connectivity index (χ1v) is 8.21. The van der Waals surface area contributed by atoms with Crippen molar-refractivity contribution in [2.24, 2.45) is 17.6 Å². The molecule has 110 valence electrons. The molecule has 1 aliphatic carbocycles. The van der Waals surface area contributed by atoms with Crippen LogP contribution in [0.25, 0.3) is 0 Å². The molecule has 3 heteroatoms. The van der Waals surface area contributed by atoms with Crippen LogP contribution in [0.15, 0.2) is 0 Å². The Morgan fingerprint density at radius 1 is 1.21 bits per heavy atom. The summed E-state index contributed by atoms with van der Waals surface area (Å²) in [6.07, 6.45) is 9.31. The highest BCUT2D eigenvalue weighted by molar-refractivity contribution is 5.80. The Morgan fingerprint density at radius 3 is 2.74 bits per heavy atom. The Kier molecular flexibility index (Phi) is 5.26. The minimum absolute atomic E-state index is 0.0745. The highest BCUT2D eigenvalue weighted by Gasteiger charge is 2.37. The van der Waals surface area contributed by atoms with Crippen LogP contribution in [0.3, 0.4) is 0 Å². The van der Waals surface area contributed by atoms with E-state index in [4.69, 9.17) is 5.73 Å². The molecule has 19 heavy (non-hydrogen) atoms. The van der Waals surface area contributed by atoms with Gasteiger partial charge in [-0.3, -0.25) is 4.79 Å². The van der Waals surface area contributed by atoms with Crippen LogP contribution in [0.1, 0.15) is 65.2 Å². The summed E-state index contributed by atoms with van der Waals surface area (Å²) in [7, 11) is 0. The quantitative estimate of drug-likeness (QED) is 0.853. The SMILES string of the molecule is CCCC1CCCCN1C(=O)C1CCCC(C)C1N. The molecule has 0 aromatic rings. The third-order valence-corrected chi connectivity index (χ3v) is 5.15. The van der Waals surface area contributed by atoms with E-state index in [1.807, 2.05) is 0 Å². The van der Waals surface area contributed by atoms with E-state index in [0.717, 1.165) is 25.8 Å². The molecular weight excluding hydrogens is 236 g/mol. The second kappa shape index (κ2) is 6.74. The number of hydrogen-bond acceptors (Lipinski definition) is 2. The van der Waals surface area contributed by atoms with E-state index in [2.05, 4.69) is 18.7 Å². The van der Waals surface area contributed by atoms with Crippen LogP contribution in [0.4, 0.5) is 0 Å². The Labute approximate surface area is 117 Å². The number of carbonyl (C=O) groups is 1. The minimum atomic E-state index is 0.0745. The van der Waals surface area contributed by atoms with Crippen molar-refractivity contribution >= 4 is 5.91 Å². The van der Waals surface area contributed by atoms with Gasteiger partial charge in [0.1, 0.15) is 0 Å². The summed E-state index contributed by atoms with van der Waals surface area (Å²) in [6.45, 7) is 5.37. The van der Waals surface area contributed by atoms with Crippen molar-refractivity contribution in [1.82, 2.24) is 4.90 Å². The number of likely N-dealkylation sites (tertiary alicyclic amines) is 1. The van der Waals surface area contributed by atoms with Crippen molar-refractivity contribution in [3.63, 3.8) is 0 Å². The summed E-state index contributed by atoms with van der Waals surface area (Å²) in [5.41, 5.74) is 6.30. The van der Waals surface area contributed by atoms with Gasteiger partial charge in [-0.05, 0) is 44.4 Å². The smallest absolute Gasteiger partial charge is 0.227 e. The fourth-order valence-corrected chi connectivity index (χ4v) is 3.87. The summed E-state index contributed by atoms with van der Waals surface area (Å²) in [5.74, 6) is 0.940. The van der Waals surface area contributed by atoms with Crippen molar-refractivity contribution < 1.29 is 4.79 Å². The maximum absolute atomic E-state index is 12.8. The molecule has 3 nitrogen and oxygen atoms in total. The van der Waals surface area contributed by atoms with Gasteiger partial charge in [0.15, 0.2) is 0 Å². The molecule has 4 atom stereocenters. The van der Waals surface area contributed by atoms with E-state index >= 15 is 0 Å². The second-order valence-electron chi connectivity index (χ2n) is 6.56. The molecule has 1 heterocycles. The molecule has 0 radical (unpaired) electrons. The first-order chi connectivity index (χ1) is 9.15. The molecule has 1 saturated heterocycles. The maximum atomic E-state index is 12.8. The largest absolute Gasteiger partial charge is 0.339 e. The summed E-state index contributed by atoms with van der Waals surface area (Å²) in [5, 5.41) is 0. The number of hydrogen-bond donors (Lipinski definition) is 1. The molecule has 0 aromatic carbocycles. The van der Waals surface area contributed by atoms with Crippen LogP contribution in [0, 0.1) is 11.8 Å². The highest BCUT2D eigenvalue weighted by Crippen LogP contribution is 2.31. The fourth-order valence-electron chi connectivity index (χ4n) is 3.87. The van der Waals surface area contributed by atoms with E-state index < -0.39 is 0 Å². The lowest BCUT2D eigenvalue weighted by Gasteiger charge is -2.41. The summed E-state index contributed by atoms with van der Waals surface area (Å²) >= 11 is 0. The fraction of sp³-hybridized carbons (Fsp3) is 0.938. The van der Waals surface area contributed by atoms with Crippen molar-refractivity contribution in [2.45, 2.75) is 77.3 Å². The van der Waals surface area contributed by atoms with Gasteiger partial charge in [-0.15, -0.1) is 0 Å². The first-order valence-electron chi connectivity index (χ1n) is 8.21. The molecule has 1 amide bonds. The normalized spacial score (nSPS) is 36.3. The van der Waals surface area contributed by atoms with Gasteiger partial charge in [0, 0.05) is 18.6 Å². The molecule has 0 bridgehead atoms. The van der Waals surface area contributed by atoms with Gasteiger partial charge < -0.3 is 10.6 Å². The first kappa shape index (κ1) is 14.8. The van der Waals surface area contributed by atoms with E-state index in [9.17, 15) is 4.79 Å². The monoisotopic (exact) mass is 266 g/mol. The molecule has 0 aromatic heterocycles. The van der Waals surface area contributed by atoms with Gasteiger partial charge in [-0.25, -0.2) is 0 Å². The molecule has 0 spiro atoms. The van der Waals surface area contributed by atoms with Crippen LogP contribution >= 0.6 is 0 Å². The molecule has 2 N–H and O–H groups in total. The molecule has 2 rings (SSSR count). The topological polar surface area (TPSA) is 46.3 Å². The summed E-state index contributed by atoms with van der Waals surface area (Å²) in [6, 6.07) is 0.557. The van der Waals surface area contributed by atoms with Gasteiger partial charge >= 0.3 is 0 Å². The lowest BCUT2D eigenvalue weighted by atomic mass is 9.77. The zero-order valence-corrected chi connectivity index (χ0v) is 12.6. The van der Waals surface area contributed by atoms with E-state index in [1.54, 1.807) is 0 Å². The van der Waals surface area contributed by atoms with Crippen LogP contribution in [0.2, 0.25) is 0 Å². The predicted molar refractivity (Wildman–Crippen MR) is 78.7 cm³/mol. The number of nitrogens with two attached hydrogens (primary N) is 1. The molecule has 2 aliphatic rings. The van der Waals surface area contributed by atoms with Crippen molar-refractivity contribution in [3.05, 3.63) is 0 Å². The number of nitrogens with zero attached hydrogens (tertiary/aromatic N) is 1. The van der Waals surface area contributed by atoms with E-state index in [1.165, 1.54) is 32.1 Å². The third kappa shape index (κ3) is 3.31. The van der Waals surface area contributed by atoms with Crippen LogP contribution in [0.5, 0.6) is 0 Å². The van der Waals surface area contributed by atoms with Crippen LogP contribution in [-0.2, 0) is 4.79 Å². The average molecular weight is 266 g/mol.